The first-order valence-corrected chi connectivity index (χ1v) is 8.20. The number of hydrogen-bond donors (Lipinski definition) is 4. The summed E-state index contributed by atoms with van der Waals surface area (Å²) in [4.78, 5) is 60.9. The minimum absolute atomic E-state index is 0.127. The largest absolute Gasteiger partial charge is 0.502 e. The minimum atomic E-state index is -2.09. The molecule has 1 rings (SSSR count). The zero-order valence-corrected chi connectivity index (χ0v) is 15.1. The van der Waals surface area contributed by atoms with E-state index in [0.29, 0.717) is 6.08 Å². The van der Waals surface area contributed by atoms with E-state index in [1.165, 1.54) is 20.8 Å². The maximum atomic E-state index is 12.9. The summed E-state index contributed by atoms with van der Waals surface area (Å²) in [5.74, 6) is -10.1. The number of aliphatic carboxylic acids is 3. The standard InChI is InChI=1S/C17H21NO9/c1-4-8-11(9(19)7-10(20)14(22)23)13(21)18(6-3)17(5-2,16(26)27)12(8)15(24)25/h7,12,20H,4-6H2,1-3H3,(H,22,23)(H,24,25)(H,26,27). The van der Waals surface area contributed by atoms with Crippen molar-refractivity contribution in [3.05, 3.63) is 23.0 Å². The Morgan fingerprint density at radius 2 is 1.63 bits per heavy atom. The lowest BCUT2D eigenvalue weighted by Gasteiger charge is -2.47. The summed E-state index contributed by atoms with van der Waals surface area (Å²) >= 11 is 0. The van der Waals surface area contributed by atoms with Gasteiger partial charge in [0.05, 0.1) is 5.57 Å². The SMILES string of the molecule is CCC1=C(C(=O)C=C(O)C(=O)O)C(=O)N(CC)C(CC)(C(=O)O)C1C(=O)O. The van der Waals surface area contributed by atoms with Crippen LogP contribution in [0.5, 0.6) is 0 Å². The van der Waals surface area contributed by atoms with Gasteiger partial charge in [-0.2, -0.15) is 0 Å². The van der Waals surface area contributed by atoms with Crippen molar-refractivity contribution in [2.75, 3.05) is 6.54 Å². The van der Waals surface area contributed by atoms with Gasteiger partial charge in [-0.1, -0.05) is 13.8 Å². The van der Waals surface area contributed by atoms with E-state index < -0.39 is 52.4 Å². The van der Waals surface area contributed by atoms with Gasteiger partial charge in [0.1, 0.15) is 5.92 Å². The van der Waals surface area contributed by atoms with Crippen molar-refractivity contribution in [2.45, 2.75) is 39.2 Å². The summed E-state index contributed by atoms with van der Waals surface area (Å²) in [5.41, 5.74) is -2.95. The molecular weight excluding hydrogens is 362 g/mol. The third-order valence-electron chi connectivity index (χ3n) is 4.67. The zero-order valence-electron chi connectivity index (χ0n) is 15.1. The summed E-state index contributed by atoms with van der Waals surface area (Å²) in [6.07, 6.45) is -0.0458. The van der Waals surface area contributed by atoms with Gasteiger partial charge in [-0.3, -0.25) is 14.4 Å². The van der Waals surface area contributed by atoms with Crippen LogP contribution in [0.1, 0.15) is 33.6 Å². The Morgan fingerprint density at radius 1 is 1.07 bits per heavy atom. The number of amides is 1. The van der Waals surface area contributed by atoms with E-state index in [-0.39, 0.29) is 25.0 Å². The lowest BCUT2D eigenvalue weighted by atomic mass is 9.69. The quantitative estimate of drug-likeness (QED) is 0.266. The molecule has 2 unspecified atom stereocenters. The molecule has 0 spiro atoms. The second-order valence-corrected chi connectivity index (χ2v) is 5.86. The molecular formula is C17H21NO9. The highest BCUT2D eigenvalue weighted by Gasteiger charge is 2.59. The highest BCUT2D eigenvalue weighted by atomic mass is 16.4. The van der Waals surface area contributed by atoms with Crippen molar-refractivity contribution in [2.24, 2.45) is 5.92 Å². The smallest absolute Gasteiger partial charge is 0.371 e. The van der Waals surface area contributed by atoms with Crippen LogP contribution in [0.4, 0.5) is 0 Å². The van der Waals surface area contributed by atoms with Crippen molar-refractivity contribution >= 4 is 29.6 Å². The van der Waals surface area contributed by atoms with Gasteiger partial charge in [0.2, 0.25) is 5.76 Å². The second-order valence-electron chi connectivity index (χ2n) is 5.86. The Bertz CT molecular complexity index is 764. The minimum Gasteiger partial charge on any atom is -0.502 e. The van der Waals surface area contributed by atoms with Gasteiger partial charge in [0.25, 0.3) is 5.91 Å². The second kappa shape index (κ2) is 8.02. The van der Waals surface area contributed by atoms with Crippen molar-refractivity contribution in [3.63, 3.8) is 0 Å². The zero-order chi connectivity index (χ0) is 21.1. The molecule has 0 aromatic heterocycles. The maximum Gasteiger partial charge on any atom is 0.371 e. The number of ketones is 1. The molecule has 0 saturated heterocycles. The van der Waals surface area contributed by atoms with Crippen LogP contribution in [0.3, 0.4) is 0 Å². The van der Waals surface area contributed by atoms with Crippen molar-refractivity contribution in [3.8, 4) is 0 Å². The normalized spacial score (nSPS) is 23.4. The number of carboxylic acid groups (broad SMARTS) is 3. The van der Waals surface area contributed by atoms with E-state index in [9.17, 15) is 39.3 Å². The Morgan fingerprint density at radius 3 is 1.96 bits per heavy atom. The molecule has 27 heavy (non-hydrogen) atoms. The van der Waals surface area contributed by atoms with Gasteiger partial charge in [0.15, 0.2) is 11.3 Å². The highest BCUT2D eigenvalue weighted by Crippen LogP contribution is 2.42. The predicted octanol–water partition coefficient (Wildman–Crippen LogP) is 0.585. The topological polar surface area (TPSA) is 170 Å². The first-order valence-electron chi connectivity index (χ1n) is 8.20. The fraction of sp³-hybridized carbons (Fsp3) is 0.471. The molecule has 0 aromatic rings. The summed E-state index contributed by atoms with van der Waals surface area (Å²) in [6.45, 7) is 4.13. The van der Waals surface area contributed by atoms with Crippen LogP contribution >= 0.6 is 0 Å². The Balaban J connectivity index is 3.88. The Kier molecular flexibility index (Phi) is 6.50. The molecule has 0 fully saturated rings. The summed E-state index contributed by atoms with van der Waals surface area (Å²) < 4.78 is 0. The van der Waals surface area contributed by atoms with Gasteiger partial charge < -0.3 is 25.3 Å². The van der Waals surface area contributed by atoms with Crippen LogP contribution in [0.25, 0.3) is 0 Å². The third-order valence-corrected chi connectivity index (χ3v) is 4.67. The van der Waals surface area contributed by atoms with E-state index in [4.69, 9.17) is 5.11 Å². The molecule has 0 radical (unpaired) electrons. The molecule has 10 nitrogen and oxygen atoms in total. The third kappa shape index (κ3) is 3.42. The van der Waals surface area contributed by atoms with Crippen LogP contribution in [-0.4, -0.2) is 67.0 Å². The van der Waals surface area contributed by atoms with Gasteiger partial charge in [-0.25, -0.2) is 9.59 Å². The van der Waals surface area contributed by atoms with Crippen molar-refractivity contribution < 1.29 is 44.4 Å². The monoisotopic (exact) mass is 383 g/mol. The van der Waals surface area contributed by atoms with Crippen molar-refractivity contribution in [1.82, 2.24) is 4.90 Å². The van der Waals surface area contributed by atoms with Crippen LogP contribution < -0.4 is 0 Å². The van der Waals surface area contributed by atoms with Gasteiger partial charge in [-0.05, 0) is 25.3 Å². The number of hydrogen-bond acceptors (Lipinski definition) is 6. The molecule has 0 saturated carbocycles. The van der Waals surface area contributed by atoms with E-state index in [1.54, 1.807) is 0 Å². The molecule has 1 heterocycles. The number of allylic oxidation sites excluding steroid dienone is 1. The van der Waals surface area contributed by atoms with Crippen LogP contribution in [0.2, 0.25) is 0 Å². The Hall–Kier alpha value is -3.17. The van der Waals surface area contributed by atoms with E-state index in [1.807, 2.05) is 0 Å². The van der Waals surface area contributed by atoms with Gasteiger partial charge in [-0.15, -0.1) is 0 Å². The number of carbonyl (C=O) groups excluding carboxylic acids is 2. The van der Waals surface area contributed by atoms with E-state index in [0.717, 1.165) is 4.90 Å². The number of carbonyl (C=O) groups is 5. The van der Waals surface area contributed by atoms with Gasteiger partial charge >= 0.3 is 17.9 Å². The fourth-order valence-corrected chi connectivity index (χ4v) is 3.51. The molecule has 1 aliphatic heterocycles. The average Bonchev–Trinajstić information content (AvgIpc) is 2.58. The average molecular weight is 383 g/mol. The summed E-state index contributed by atoms with van der Waals surface area (Å²) in [6, 6.07) is 0. The first-order chi connectivity index (χ1) is 12.5. The molecule has 4 N–H and O–H groups in total. The molecule has 2 atom stereocenters. The lowest BCUT2D eigenvalue weighted by Crippen LogP contribution is -2.66. The molecule has 0 aromatic carbocycles. The summed E-state index contributed by atoms with van der Waals surface area (Å²) in [5, 5.41) is 37.5. The molecule has 10 heteroatoms. The highest BCUT2D eigenvalue weighted by molar-refractivity contribution is 6.26. The number of likely N-dealkylation sites (N-methyl/N-ethyl adjacent to an activating group) is 1. The van der Waals surface area contributed by atoms with E-state index in [2.05, 4.69) is 0 Å². The van der Waals surface area contributed by atoms with Gasteiger partial charge in [0, 0.05) is 12.6 Å². The number of nitrogens with zero attached hydrogens (tertiary/aromatic N) is 1. The van der Waals surface area contributed by atoms with Crippen LogP contribution in [-0.2, 0) is 24.0 Å². The number of aliphatic hydroxyl groups is 1. The fourth-order valence-electron chi connectivity index (χ4n) is 3.51. The summed E-state index contributed by atoms with van der Waals surface area (Å²) in [7, 11) is 0. The van der Waals surface area contributed by atoms with Crippen LogP contribution in [0, 0.1) is 5.92 Å². The number of carboxylic acids is 3. The van der Waals surface area contributed by atoms with Crippen molar-refractivity contribution in [1.29, 1.82) is 0 Å². The predicted molar refractivity (Wildman–Crippen MR) is 89.8 cm³/mol. The first kappa shape index (κ1) is 21.9. The molecule has 148 valence electrons. The number of aliphatic hydroxyl groups excluding tert-OH is 1. The Labute approximate surface area is 154 Å². The molecule has 1 amide bonds. The van der Waals surface area contributed by atoms with E-state index >= 15 is 0 Å². The molecule has 1 aliphatic rings. The number of rotatable bonds is 8. The molecule has 0 aliphatic carbocycles. The molecule has 0 bridgehead atoms. The van der Waals surface area contributed by atoms with Crippen LogP contribution in [0.15, 0.2) is 23.0 Å². The lowest BCUT2D eigenvalue weighted by molar-refractivity contribution is -0.170. The maximum absolute atomic E-state index is 12.9.